The monoisotopic (exact) mass is 481 g/mol. The predicted molar refractivity (Wildman–Crippen MR) is 134 cm³/mol. The van der Waals surface area contributed by atoms with E-state index in [1.807, 2.05) is 23.1 Å². The van der Waals surface area contributed by atoms with E-state index in [4.69, 9.17) is 11.6 Å². The molecule has 3 aromatic rings. The summed E-state index contributed by atoms with van der Waals surface area (Å²) in [5, 5.41) is 7.92. The Bertz CT molecular complexity index is 1130. The summed E-state index contributed by atoms with van der Waals surface area (Å²) in [5.41, 5.74) is 2.10. The number of aromatic nitrogens is 1. The number of rotatable bonds is 6. The molecule has 0 aliphatic carbocycles. The van der Waals surface area contributed by atoms with Crippen LogP contribution in [0.4, 0.5) is 15.6 Å². The number of thiazole rings is 1. The standard InChI is InChI=1S/C24H24ClN5O2S/c25-19-9-4-10-20(16-19)26-23(32)28-24-27-21(17-33-24)22(31)30-14-12-29(13-15-30)11-5-8-18-6-2-1-3-7-18/h1-10,16-17H,11-15H2,(H2,26,27,28,32)/b8-5+. The maximum atomic E-state index is 12.8. The van der Waals surface area contributed by atoms with Gasteiger partial charge in [0.15, 0.2) is 5.13 Å². The second-order valence-electron chi connectivity index (χ2n) is 7.53. The molecule has 7 nitrogen and oxygen atoms in total. The van der Waals surface area contributed by atoms with Gasteiger partial charge in [0.25, 0.3) is 5.91 Å². The third-order valence-electron chi connectivity index (χ3n) is 5.16. The molecule has 0 atom stereocenters. The molecule has 0 bridgehead atoms. The number of hydrogen-bond donors (Lipinski definition) is 2. The van der Waals surface area contributed by atoms with Gasteiger partial charge in [0, 0.05) is 48.8 Å². The third-order valence-corrected chi connectivity index (χ3v) is 6.15. The molecule has 1 fully saturated rings. The summed E-state index contributed by atoms with van der Waals surface area (Å²) >= 11 is 7.15. The molecule has 1 aromatic heterocycles. The van der Waals surface area contributed by atoms with Crippen molar-refractivity contribution < 1.29 is 9.59 Å². The van der Waals surface area contributed by atoms with Gasteiger partial charge in [0.1, 0.15) is 5.69 Å². The zero-order valence-corrected chi connectivity index (χ0v) is 19.5. The smallest absolute Gasteiger partial charge is 0.325 e. The Kier molecular flexibility index (Phi) is 7.72. The average molecular weight is 482 g/mol. The third kappa shape index (κ3) is 6.64. The van der Waals surface area contributed by atoms with Crippen LogP contribution in [0.2, 0.25) is 5.02 Å². The molecule has 1 aliphatic rings. The van der Waals surface area contributed by atoms with Gasteiger partial charge >= 0.3 is 6.03 Å². The van der Waals surface area contributed by atoms with Crippen molar-refractivity contribution >= 4 is 51.8 Å². The van der Waals surface area contributed by atoms with Crippen molar-refractivity contribution in [3.05, 3.63) is 82.3 Å². The molecule has 9 heteroatoms. The van der Waals surface area contributed by atoms with E-state index in [0.717, 1.165) is 19.6 Å². The fourth-order valence-corrected chi connectivity index (χ4v) is 4.32. The molecule has 2 N–H and O–H groups in total. The predicted octanol–water partition coefficient (Wildman–Crippen LogP) is 4.91. The number of benzene rings is 2. The maximum Gasteiger partial charge on any atom is 0.325 e. The van der Waals surface area contributed by atoms with Crippen molar-refractivity contribution in [1.29, 1.82) is 0 Å². The van der Waals surface area contributed by atoms with Gasteiger partial charge in [-0.25, -0.2) is 9.78 Å². The van der Waals surface area contributed by atoms with Crippen LogP contribution in [0, 0.1) is 0 Å². The summed E-state index contributed by atoms with van der Waals surface area (Å²) in [6.45, 7) is 3.76. The van der Waals surface area contributed by atoms with Gasteiger partial charge in [-0.2, -0.15) is 0 Å². The Morgan fingerprint density at radius 2 is 1.82 bits per heavy atom. The van der Waals surface area contributed by atoms with Crippen LogP contribution in [-0.2, 0) is 0 Å². The first-order chi connectivity index (χ1) is 16.1. The van der Waals surface area contributed by atoms with E-state index in [-0.39, 0.29) is 5.91 Å². The molecular formula is C24H24ClN5O2S. The van der Waals surface area contributed by atoms with Crippen LogP contribution < -0.4 is 10.6 Å². The number of nitrogens with one attached hydrogen (secondary N) is 2. The zero-order valence-electron chi connectivity index (χ0n) is 17.9. The van der Waals surface area contributed by atoms with Gasteiger partial charge in [-0.05, 0) is 23.8 Å². The van der Waals surface area contributed by atoms with Crippen molar-refractivity contribution in [2.24, 2.45) is 0 Å². The molecule has 2 heterocycles. The SMILES string of the molecule is O=C(Nc1cccc(Cl)c1)Nc1nc(C(=O)N2CCN(C/C=C/c3ccccc3)CC2)cs1. The lowest BCUT2D eigenvalue weighted by Gasteiger charge is -2.33. The first-order valence-corrected chi connectivity index (χ1v) is 11.8. The molecule has 2 aromatic carbocycles. The van der Waals surface area contributed by atoms with Crippen LogP contribution in [0.1, 0.15) is 16.1 Å². The lowest BCUT2D eigenvalue weighted by molar-refractivity contribution is 0.0645. The van der Waals surface area contributed by atoms with Crippen molar-refractivity contribution in [1.82, 2.24) is 14.8 Å². The van der Waals surface area contributed by atoms with E-state index in [1.54, 1.807) is 29.6 Å². The molecule has 0 unspecified atom stereocenters. The minimum Gasteiger partial charge on any atom is -0.335 e. The molecule has 0 spiro atoms. The Morgan fingerprint density at radius 1 is 1.03 bits per heavy atom. The second kappa shape index (κ2) is 11.1. The largest absolute Gasteiger partial charge is 0.335 e. The van der Waals surface area contributed by atoms with Crippen LogP contribution in [0.3, 0.4) is 0 Å². The van der Waals surface area contributed by atoms with Crippen molar-refractivity contribution in [3.63, 3.8) is 0 Å². The van der Waals surface area contributed by atoms with Gasteiger partial charge in [0.05, 0.1) is 0 Å². The average Bonchev–Trinajstić information content (AvgIpc) is 3.28. The van der Waals surface area contributed by atoms with E-state index in [0.29, 0.717) is 34.6 Å². The van der Waals surface area contributed by atoms with Crippen LogP contribution in [-0.4, -0.2) is 59.4 Å². The number of carbonyl (C=O) groups is 2. The van der Waals surface area contributed by atoms with E-state index in [1.165, 1.54) is 16.9 Å². The number of amides is 3. The van der Waals surface area contributed by atoms with Gasteiger partial charge in [0.2, 0.25) is 0 Å². The number of urea groups is 1. The number of nitrogens with zero attached hydrogens (tertiary/aromatic N) is 3. The van der Waals surface area contributed by atoms with E-state index in [9.17, 15) is 9.59 Å². The molecular weight excluding hydrogens is 458 g/mol. The highest BCUT2D eigenvalue weighted by atomic mass is 35.5. The fraction of sp³-hybridized carbons (Fsp3) is 0.208. The summed E-state index contributed by atoms with van der Waals surface area (Å²) in [6.07, 6.45) is 4.27. The lowest BCUT2D eigenvalue weighted by atomic mass is 10.2. The number of piperazine rings is 1. The highest BCUT2D eigenvalue weighted by Crippen LogP contribution is 2.19. The molecule has 0 radical (unpaired) electrons. The zero-order chi connectivity index (χ0) is 23.0. The highest BCUT2D eigenvalue weighted by molar-refractivity contribution is 7.14. The van der Waals surface area contributed by atoms with E-state index < -0.39 is 6.03 Å². The number of carbonyl (C=O) groups excluding carboxylic acids is 2. The Balaban J connectivity index is 1.24. The molecule has 1 aliphatic heterocycles. The first kappa shape index (κ1) is 23.0. The lowest BCUT2D eigenvalue weighted by Crippen LogP contribution is -2.48. The van der Waals surface area contributed by atoms with E-state index in [2.05, 4.69) is 44.8 Å². The molecule has 0 saturated carbocycles. The van der Waals surface area contributed by atoms with Crippen molar-refractivity contribution in [2.75, 3.05) is 43.4 Å². The van der Waals surface area contributed by atoms with Crippen molar-refractivity contribution in [3.8, 4) is 0 Å². The molecule has 1 saturated heterocycles. The summed E-state index contributed by atoms with van der Waals surface area (Å²) in [6, 6.07) is 16.6. The number of halogens is 1. The van der Waals surface area contributed by atoms with Gasteiger partial charge < -0.3 is 10.2 Å². The van der Waals surface area contributed by atoms with Crippen molar-refractivity contribution in [2.45, 2.75) is 0 Å². The molecule has 33 heavy (non-hydrogen) atoms. The summed E-state index contributed by atoms with van der Waals surface area (Å²) in [7, 11) is 0. The van der Waals surface area contributed by atoms with E-state index >= 15 is 0 Å². The van der Waals surface area contributed by atoms with Gasteiger partial charge in [-0.1, -0.05) is 60.2 Å². The van der Waals surface area contributed by atoms with Crippen LogP contribution in [0.5, 0.6) is 0 Å². The Labute approximate surface area is 201 Å². The van der Waals surface area contributed by atoms with Crippen LogP contribution >= 0.6 is 22.9 Å². The van der Waals surface area contributed by atoms with Gasteiger partial charge in [-0.15, -0.1) is 11.3 Å². The quantitative estimate of drug-likeness (QED) is 0.524. The van der Waals surface area contributed by atoms with Crippen LogP contribution in [0.25, 0.3) is 6.08 Å². The second-order valence-corrected chi connectivity index (χ2v) is 8.83. The van der Waals surface area contributed by atoms with Gasteiger partial charge in [-0.3, -0.25) is 15.0 Å². The number of hydrogen-bond acceptors (Lipinski definition) is 5. The maximum absolute atomic E-state index is 12.8. The molecule has 3 amide bonds. The summed E-state index contributed by atoms with van der Waals surface area (Å²) < 4.78 is 0. The molecule has 4 rings (SSSR count). The first-order valence-electron chi connectivity index (χ1n) is 10.6. The minimum absolute atomic E-state index is 0.117. The Morgan fingerprint density at radius 3 is 2.58 bits per heavy atom. The summed E-state index contributed by atoms with van der Waals surface area (Å²) in [5.74, 6) is -0.117. The topological polar surface area (TPSA) is 77.6 Å². The Hall–Kier alpha value is -3.20. The number of anilines is 2. The fourth-order valence-electron chi connectivity index (χ4n) is 3.45. The normalized spacial score (nSPS) is 14.4. The molecule has 170 valence electrons. The van der Waals surface area contributed by atoms with Crippen LogP contribution in [0.15, 0.2) is 66.1 Å². The summed E-state index contributed by atoms with van der Waals surface area (Å²) in [4.78, 5) is 33.4. The highest BCUT2D eigenvalue weighted by Gasteiger charge is 2.23. The minimum atomic E-state index is -0.442.